The fourth-order valence-electron chi connectivity index (χ4n) is 2.16. The number of anilines is 1. The lowest BCUT2D eigenvalue weighted by atomic mass is 10.2. The van der Waals surface area contributed by atoms with E-state index >= 15 is 0 Å². The summed E-state index contributed by atoms with van der Waals surface area (Å²) in [6, 6.07) is 13.1. The highest BCUT2D eigenvalue weighted by Gasteiger charge is 2.05. The van der Waals surface area contributed by atoms with Crippen LogP contribution >= 0.6 is 12.2 Å². The number of nitrogens with one attached hydrogen (secondary N) is 2. The Labute approximate surface area is 158 Å². The van der Waals surface area contributed by atoms with E-state index in [9.17, 15) is 0 Å². The third-order valence-corrected chi connectivity index (χ3v) is 3.58. The second-order valence-corrected chi connectivity index (χ2v) is 5.42. The molecule has 0 aliphatic carbocycles. The van der Waals surface area contributed by atoms with Gasteiger partial charge in [0.15, 0.2) is 16.6 Å². The summed E-state index contributed by atoms with van der Waals surface area (Å²) in [4.78, 5) is 0. The Morgan fingerprint density at radius 1 is 0.962 bits per heavy atom. The predicted octanol–water partition coefficient (Wildman–Crippen LogP) is 3.70. The van der Waals surface area contributed by atoms with E-state index in [2.05, 4.69) is 15.8 Å². The van der Waals surface area contributed by atoms with E-state index in [1.54, 1.807) is 45.8 Å². The number of hydrogen-bond acceptors (Lipinski definition) is 5. The van der Waals surface area contributed by atoms with Gasteiger partial charge >= 0.3 is 0 Å². The molecule has 2 rings (SSSR count). The van der Waals surface area contributed by atoms with Crippen LogP contribution in [0.5, 0.6) is 17.2 Å². The van der Waals surface area contributed by atoms with Gasteiger partial charge in [-0.1, -0.05) is 18.2 Å². The molecule has 2 N–H and O–H groups in total. The molecule has 0 spiro atoms. The molecule has 0 atom stereocenters. The number of hydrazone groups is 1. The normalized spacial score (nSPS) is 10.7. The summed E-state index contributed by atoms with van der Waals surface area (Å²) in [5.74, 6) is 2.07. The average molecular weight is 371 g/mol. The van der Waals surface area contributed by atoms with Crippen molar-refractivity contribution >= 4 is 35.3 Å². The van der Waals surface area contributed by atoms with E-state index in [0.717, 1.165) is 17.0 Å². The number of para-hydroxylation sites is 1. The molecule has 0 aliphatic rings. The Kier molecular flexibility index (Phi) is 7.45. The first-order valence-electron chi connectivity index (χ1n) is 7.79. The van der Waals surface area contributed by atoms with Crippen LogP contribution in [0.25, 0.3) is 6.08 Å². The van der Waals surface area contributed by atoms with Crippen LogP contribution in [0.4, 0.5) is 5.69 Å². The average Bonchev–Trinajstić information content (AvgIpc) is 2.67. The van der Waals surface area contributed by atoms with Crippen LogP contribution in [0.3, 0.4) is 0 Å². The second-order valence-electron chi connectivity index (χ2n) is 5.01. The summed E-state index contributed by atoms with van der Waals surface area (Å²) >= 11 is 5.21. The largest absolute Gasteiger partial charge is 0.496 e. The highest BCUT2D eigenvalue weighted by Crippen LogP contribution is 2.29. The topological polar surface area (TPSA) is 64.1 Å². The van der Waals surface area contributed by atoms with Crippen LogP contribution < -0.4 is 25.0 Å². The monoisotopic (exact) mass is 371 g/mol. The first-order chi connectivity index (χ1) is 12.7. The van der Waals surface area contributed by atoms with Gasteiger partial charge in [-0.05, 0) is 42.6 Å². The number of methoxy groups -OCH3 is 3. The molecule has 7 heteroatoms. The highest BCUT2D eigenvalue weighted by molar-refractivity contribution is 7.80. The lowest BCUT2D eigenvalue weighted by Gasteiger charge is -2.11. The Morgan fingerprint density at radius 2 is 1.69 bits per heavy atom. The molecule has 0 unspecified atom stereocenters. The van der Waals surface area contributed by atoms with Crippen molar-refractivity contribution < 1.29 is 14.2 Å². The van der Waals surface area contributed by atoms with Crippen molar-refractivity contribution in [1.82, 2.24) is 5.43 Å². The predicted molar refractivity (Wildman–Crippen MR) is 109 cm³/mol. The molecular weight excluding hydrogens is 350 g/mol. The van der Waals surface area contributed by atoms with Crippen molar-refractivity contribution in [3.8, 4) is 17.2 Å². The first-order valence-corrected chi connectivity index (χ1v) is 8.20. The van der Waals surface area contributed by atoms with Gasteiger partial charge in [0, 0.05) is 23.5 Å². The van der Waals surface area contributed by atoms with E-state index in [1.807, 2.05) is 36.4 Å². The molecule has 0 bridgehead atoms. The van der Waals surface area contributed by atoms with Gasteiger partial charge in [0.2, 0.25) is 0 Å². The smallest absolute Gasteiger partial charge is 0.191 e. The quantitative estimate of drug-likeness (QED) is 0.440. The third kappa shape index (κ3) is 5.49. The van der Waals surface area contributed by atoms with E-state index in [0.29, 0.717) is 16.6 Å². The summed E-state index contributed by atoms with van der Waals surface area (Å²) in [6.07, 6.45) is 5.30. The minimum Gasteiger partial charge on any atom is -0.496 e. The number of hydrogen-bond donors (Lipinski definition) is 2. The minimum absolute atomic E-state index is 0.360. The minimum atomic E-state index is 0.360. The number of nitrogens with zero attached hydrogens (tertiary/aromatic N) is 1. The lowest BCUT2D eigenvalue weighted by Crippen LogP contribution is -2.23. The molecular formula is C19H21N3O3S. The van der Waals surface area contributed by atoms with Gasteiger partial charge in [0.25, 0.3) is 0 Å². The molecule has 2 aromatic carbocycles. The lowest BCUT2D eigenvalue weighted by molar-refractivity contribution is 0.355. The summed E-state index contributed by atoms with van der Waals surface area (Å²) in [6.45, 7) is 0. The van der Waals surface area contributed by atoms with Crippen molar-refractivity contribution in [2.75, 3.05) is 26.6 Å². The summed E-state index contributed by atoms with van der Waals surface area (Å²) in [5, 5.41) is 7.43. The Morgan fingerprint density at radius 3 is 2.42 bits per heavy atom. The Hall–Kier alpha value is -3.06. The standard InChI is InChI=1S/C19H21N3O3S/c1-23-16-9-5-4-7-14(16)8-6-12-20-22-19(26)21-15-10-11-17(24-2)18(13-15)25-3/h4-13H,1-3H3,(H2,21,22,26)/b8-6+,20-12-. The van der Waals surface area contributed by atoms with Crippen LogP contribution in [0.2, 0.25) is 0 Å². The first kappa shape index (κ1) is 19.3. The van der Waals surface area contributed by atoms with Gasteiger partial charge in [-0.3, -0.25) is 5.43 Å². The highest BCUT2D eigenvalue weighted by atomic mass is 32.1. The zero-order valence-electron chi connectivity index (χ0n) is 14.9. The number of thiocarbonyl (C=S) groups is 1. The Balaban J connectivity index is 1.88. The van der Waals surface area contributed by atoms with Crippen molar-refractivity contribution in [3.05, 3.63) is 54.1 Å². The van der Waals surface area contributed by atoms with Crippen molar-refractivity contribution in [1.29, 1.82) is 0 Å². The molecule has 0 aromatic heterocycles. The van der Waals surface area contributed by atoms with Crippen LogP contribution in [-0.4, -0.2) is 32.7 Å². The van der Waals surface area contributed by atoms with Gasteiger partial charge in [-0.15, -0.1) is 0 Å². The molecule has 0 saturated heterocycles. The van der Waals surface area contributed by atoms with E-state index in [1.165, 1.54) is 0 Å². The fraction of sp³-hybridized carbons (Fsp3) is 0.158. The van der Waals surface area contributed by atoms with Gasteiger partial charge in [-0.25, -0.2) is 0 Å². The maximum absolute atomic E-state index is 5.28. The van der Waals surface area contributed by atoms with E-state index < -0.39 is 0 Å². The number of allylic oxidation sites excluding steroid dienone is 1. The molecule has 136 valence electrons. The van der Waals surface area contributed by atoms with Gasteiger partial charge in [-0.2, -0.15) is 5.10 Å². The number of rotatable bonds is 7. The molecule has 2 aromatic rings. The van der Waals surface area contributed by atoms with Crippen LogP contribution in [-0.2, 0) is 0 Å². The van der Waals surface area contributed by atoms with Crippen molar-refractivity contribution in [2.24, 2.45) is 5.10 Å². The zero-order chi connectivity index (χ0) is 18.8. The molecule has 0 heterocycles. The second kappa shape index (κ2) is 10.0. The number of ether oxygens (including phenoxy) is 3. The van der Waals surface area contributed by atoms with Crippen molar-refractivity contribution in [2.45, 2.75) is 0 Å². The summed E-state index contributed by atoms with van der Waals surface area (Å²) in [7, 11) is 4.81. The summed E-state index contributed by atoms with van der Waals surface area (Å²) in [5.41, 5.74) is 4.48. The van der Waals surface area contributed by atoms with E-state index in [4.69, 9.17) is 26.4 Å². The Bertz CT molecular complexity index is 806. The third-order valence-electron chi connectivity index (χ3n) is 3.38. The van der Waals surface area contributed by atoms with Gasteiger partial charge in [0.05, 0.1) is 21.3 Å². The van der Waals surface area contributed by atoms with Crippen molar-refractivity contribution in [3.63, 3.8) is 0 Å². The van der Waals surface area contributed by atoms with Gasteiger partial charge in [0.1, 0.15) is 5.75 Å². The molecule has 26 heavy (non-hydrogen) atoms. The molecule has 0 radical (unpaired) electrons. The molecule has 0 saturated carbocycles. The zero-order valence-corrected chi connectivity index (χ0v) is 15.7. The van der Waals surface area contributed by atoms with Crippen LogP contribution in [0.1, 0.15) is 5.56 Å². The SMILES string of the molecule is COc1ccccc1/C=C/C=N\NC(=S)Nc1ccc(OC)c(OC)c1. The molecule has 0 fully saturated rings. The fourth-order valence-corrected chi connectivity index (χ4v) is 2.33. The van der Waals surface area contributed by atoms with Crippen LogP contribution in [0, 0.1) is 0 Å². The number of benzene rings is 2. The van der Waals surface area contributed by atoms with E-state index in [-0.39, 0.29) is 0 Å². The van der Waals surface area contributed by atoms with Crippen LogP contribution in [0.15, 0.2) is 53.6 Å². The molecule has 6 nitrogen and oxygen atoms in total. The molecule has 0 aliphatic heterocycles. The molecule has 0 amide bonds. The maximum Gasteiger partial charge on any atom is 0.191 e. The summed E-state index contributed by atoms with van der Waals surface area (Å²) < 4.78 is 15.7. The maximum atomic E-state index is 5.28. The van der Waals surface area contributed by atoms with Gasteiger partial charge < -0.3 is 19.5 Å².